The lowest BCUT2D eigenvalue weighted by Gasteiger charge is -2.18. The number of aliphatic hydroxyl groups is 1. The molecule has 28 heavy (non-hydrogen) atoms. The van der Waals surface area contributed by atoms with E-state index in [-0.39, 0.29) is 29.2 Å². The lowest BCUT2D eigenvalue weighted by atomic mass is 10.1. The highest BCUT2D eigenvalue weighted by molar-refractivity contribution is 7.89. The van der Waals surface area contributed by atoms with Crippen molar-refractivity contribution < 1.29 is 31.5 Å². The Balaban J connectivity index is 1.90. The second kappa shape index (κ2) is 7.53. The van der Waals surface area contributed by atoms with Crippen LogP contribution < -0.4 is 5.32 Å². The molecule has 1 aliphatic heterocycles. The monoisotopic (exact) mass is 414 g/mol. The highest BCUT2D eigenvalue weighted by Gasteiger charge is 2.33. The predicted octanol–water partition coefficient (Wildman–Crippen LogP) is 2.42. The quantitative estimate of drug-likeness (QED) is 0.753. The molecule has 6 nitrogen and oxygen atoms in total. The summed E-state index contributed by atoms with van der Waals surface area (Å²) in [5.74, 6) is -5.40. The number of sulfonamides is 1. The number of hydrogen-bond donors (Lipinski definition) is 2. The summed E-state index contributed by atoms with van der Waals surface area (Å²) in [5.41, 5.74) is 0.0277. The minimum Gasteiger partial charge on any atom is -0.392 e. The molecule has 1 atom stereocenters. The molecule has 0 spiro atoms. The number of benzene rings is 2. The van der Waals surface area contributed by atoms with E-state index in [0.29, 0.717) is 24.1 Å². The number of nitrogens with zero attached hydrogens (tertiary/aromatic N) is 1. The molecule has 1 unspecified atom stereocenters. The minimum absolute atomic E-state index is 0.0354. The predicted molar refractivity (Wildman–Crippen MR) is 94.8 cm³/mol. The van der Waals surface area contributed by atoms with Gasteiger partial charge < -0.3 is 10.4 Å². The largest absolute Gasteiger partial charge is 0.392 e. The van der Waals surface area contributed by atoms with Crippen LogP contribution in [0.25, 0.3) is 0 Å². The average molecular weight is 414 g/mol. The highest BCUT2D eigenvalue weighted by atomic mass is 32.2. The lowest BCUT2D eigenvalue weighted by molar-refractivity contribution is 0.102. The molecule has 1 amide bonds. The van der Waals surface area contributed by atoms with Crippen LogP contribution in [0.15, 0.2) is 35.2 Å². The summed E-state index contributed by atoms with van der Waals surface area (Å²) >= 11 is 0. The van der Waals surface area contributed by atoms with Gasteiger partial charge in [-0.15, -0.1) is 0 Å². The summed E-state index contributed by atoms with van der Waals surface area (Å²) in [5, 5.41) is 11.8. The molecule has 2 aromatic carbocycles. The summed E-state index contributed by atoms with van der Waals surface area (Å²) < 4.78 is 66.4. The van der Waals surface area contributed by atoms with E-state index < -0.39 is 39.5 Å². The summed E-state index contributed by atoms with van der Waals surface area (Å²) in [4.78, 5) is 12.3. The van der Waals surface area contributed by atoms with E-state index in [4.69, 9.17) is 0 Å². The fourth-order valence-corrected chi connectivity index (χ4v) is 4.66. The number of β-amino-alcohol motifs (C(OH)–C–C–N with tert-alkyl or cyclic N) is 1. The van der Waals surface area contributed by atoms with Gasteiger partial charge in [-0.2, -0.15) is 4.31 Å². The van der Waals surface area contributed by atoms with E-state index in [0.717, 1.165) is 10.4 Å². The van der Waals surface area contributed by atoms with Crippen molar-refractivity contribution in [3.8, 4) is 0 Å². The Hall–Kier alpha value is -2.43. The number of aryl methyl sites for hydroxylation is 1. The SMILES string of the molecule is Cc1ccc(C(=O)Nc2cc(F)c(F)c(F)c2)cc1S(=O)(=O)N1CCC(O)C1. The number of carbonyl (C=O) groups is 1. The van der Waals surface area contributed by atoms with Gasteiger partial charge in [-0.25, -0.2) is 21.6 Å². The van der Waals surface area contributed by atoms with Gasteiger partial charge in [0.05, 0.1) is 11.0 Å². The standard InChI is InChI=1S/C18H17F3N2O4S/c1-10-2-3-11(6-16(10)28(26,27)23-5-4-13(24)9-23)18(25)22-12-7-14(19)17(21)15(20)8-12/h2-3,6-8,13,24H,4-5,9H2,1H3,(H,22,25). The van der Waals surface area contributed by atoms with Gasteiger partial charge >= 0.3 is 0 Å². The highest BCUT2D eigenvalue weighted by Crippen LogP contribution is 2.25. The Kier molecular flexibility index (Phi) is 5.46. The topological polar surface area (TPSA) is 86.7 Å². The molecule has 2 N–H and O–H groups in total. The van der Waals surface area contributed by atoms with Gasteiger partial charge in [0, 0.05) is 36.5 Å². The third-order valence-corrected chi connectivity index (χ3v) is 6.44. The van der Waals surface area contributed by atoms with Crippen molar-refractivity contribution >= 4 is 21.6 Å². The number of nitrogens with one attached hydrogen (secondary N) is 1. The van der Waals surface area contributed by atoms with E-state index in [1.54, 1.807) is 6.92 Å². The van der Waals surface area contributed by atoms with E-state index in [1.807, 2.05) is 0 Å². The maximum atomic E-state index is 13.3. The molecule has 10 heteroatoms. The first-order valence-corrected chi connectivity index (χ1v) is 9.78. The summed E-state index contributed by atoms with van der Waals surface area (Å²) in [6.07, 6.45) is -0.426. The number of anilines is 1. The zero-order valence-electron chi connectivity index (χ0n) is 14.7. The average Bonchev–Trinajstić information content (AvgIpc) is 3.07. The molecule has 3 rings (SSSR count). The molecule has 1 aliphatic rings. The number of aliphatic hydroxyl groups excluding tert-OH is 1. The van der Waals surface area contributed by atoms with Crippen LogP contribution in [0.3, 0.4) is 0 Å². The molecule has 1 fully saturated rings. The van der Waals surface area contributed by atoms with Crippen molar-refractivity contribution in [1.29, 1.82) is 0 Å². The van der Waals surface area contributed by atoms with Gasteiger partial charge in [-0.1, -0.05) is 6.07 Å². The zero-order chi connectivity index (χ0) is 20.6. The Morgan fingerprint density at radius 3 is 2.39 bits per heavy atom. The van der Waals surface area contributed by atoms with Gasteiger partial charge in [0.25, 0.3) is 5.91 Å². The Morgan fingerprint density at radius 1 is 1.18 bits per heavy atom. The number of hydrogen-bond acceptors (Lipinski definition) is 4. The van der Waals surface area contributed by atoms with Crippen LogP contribution in [-0.2, 0) is 10.0 Å². The Labute approximate surface area is 159 Å². The second-order valence-corrected chi connectivity index (χ2v) is 8.40. The van der Waals surface area contributed by atoms with Gasteiger partial charge in [-0.05, 0) is 31.0 Å². The third-order valence-electron chi connectivity index (χ3n) is 4.44. The number of amides is 1. The zero-order valence-corrected chi connectivity index (χ0v) is 15.6. The number of carbonyl (C=O) groups excluding carboxylic acids is 1. The van der Waals surface area contributed by atoms with Crippen molar-refractivity contribution in [2.24, 2.45) is 0 Å². The van der Waals surface area contributed by atoms with Crippen LogP contribution in [0.4, 0.5) is 18.9 Å². The van der Waals surface area contributed by atoms with Crippen LogP contribution in [0, 0.1) is 24.4 Å². The molecule has 1 saturated heterocycles. The first-order valence-electron chi connectivity index (χ1n) is 8.34. The maximum absolute atomic E-state index is 13.3. The summed E-state index contributed by atoms with van der Waals surface area (Å²) in [6.45, 7) is 1.69. The third kappa shape index (κ3) is 3.89. The molecule has 2 aromatic rings. The Bertz CT molecular complexity index is 1020. The van der Waals surface area contributed by atoms with E-state index in [9.17, 15) is 31.5 Å². The number of halogens is 3. The fraction of sp³-hybridized carbons (Fsp3) is 0.278. The van der Waals surface area contributed by atoms with E-state index in [1.165, 1.54) is 12.1 Å². The molecule has 1 heterocycles. The molecular weight excluding hydrogens is 397 g/mol. The fourth-order valence-electron chi connectivity index (χ4n) is 2.92. The van der Waals surface area contributed by atoms with Crippen molar-refractivity contribution in [1.82, 2.24) is 4.31 Å². The Morgan fingerprint density at radius 2 is 1.82 bits per heavy atom. The molecule has 0 aliphatic carbocycles. The van der Waals surface area contributed by atoms with Gasteiger partial charge in [0.2, 0.25) is 10.0 Å². The molecule has 0 bridgehead atoms. The smallest absolute Gasteiger partial charge is 0.255 e. The molecule has 0 aromatic heterocycles. The molecule has 0 radical (unpaired) electrons. The van der Waals surface area contributed by atoms with Crippen LogP contribution in [0.1, 0.15) is 22.3 Å². The second-order valence-electron chi connectivity index (χ2n) is 6.49. The van der Waals surface area contributed by atoms with E-state index >= 15 is 0 Å². The van der Waals surface area contributed by atoms with Gasteiger partial charge in [0.15, 0.2) is 17.5 Å². The lowest BCUT2D eigenvalue weighted by Crippen LogP contribution is -2.30. The molecule has 0 saturated carbocycles. The van der Waals surface area contributed by atoms with Crippen LogP contribution in [0.5, 0.6) is 0 Å². The van der Waals surface area contributed by atoms with Crippen molar-refractivity contribution in [3.63, 3.8) is 0 Å². The normalized spacial score (nSPS) is 17.7. The van der Waals surface area contributed by atoms with Crippen LogP contribution >= 0.6 is 0 Å². The van der Waals surface area contributed by atoms with E-state index in [2.05, 4.69) is 5.32 Å². The van der Waals surface area contributed by atoms with Crippen molar-refractivity contribution in [2.75, 3.05) is 18.4 Å². The van der Waals surface area contributed by atoms with Gasteiger partial charge in [-0.3, -0.25) is 4.79 Å². The first kappa shape index (κ1) is 20.3. The number of rotatable bonds is 4. The summed E-state index contributed by atoms with van der Waals surface area (Å²) in [6, 6.07) is 5.18. The van der Waals surface area contributed by atoms with Gasteiger partial charge in [0.1, 0.15) is 0 Å². The maximum Gasteiger partial charge on any atom is 0.255 e. The summed E-state index contributed by atoms with van der Waals surface area (Å²) in [7, 11) is -3.93. The molecular formula is C18H17F3N2O4S. The van der Waals surface area contributed by atoms with Crippen LogP contribution in [-0.4, -0.2) is 42.9 Å². The first-order chi connectivity index (χ1) is 13.1. The van der Waals surface area contributed by atoms with Crippen molar-refractivity contribution in [3.05, 3.63) is 58.9 Å². The minimum atomic E-state index is -3.93. The van der Waals surface area contributed by atoms with Crippen molar-refractivity contribution in [2.45, 2.75) is 24.3 Å². The van der Waals surface area contributed by atoms with Crippen LogP contribution in [0.2, 0.25) is 0 Å². The molecule has 150 valence electrons.